The van der Waals surface area contributed by atoms with Crippen molar-refractivity contribution in [2.24, 2.45) is 0 Å². The Balaban J connectivity index is 2.62. The molecular formula is C14H15NO2S2. The van der Waals surface area contributed by atoms with Crippen LogP contribution in [0.2, 0.25) is 0 Å². The highest BCUT2D eigenvalue weighted by Crippen LogP contribution is 2.32. The van der Waals surface area contributed by atoms with Crippen molar-refractivity contribution >= 4 is 29.5 Å². The molecule has 0 radical (unpaired) electrons. The van der Waals surface area contributed by atoms with Crippen molar-refractivity contribution in [3.8, 4) is 11.3 Å². The molecule has 2 rings (SSSR count). The first-order valence-corrected chi connectivity index (χ1v) is 7.14. The number of carbonyl (C=O) groups excluding carboxylic acids is 1. The van der Waals surface area contributed by atoms with Gasteiger partial charge in [-0.3, -0.25) is 0 Å². The molecule has 0 bridgehead atoms. The maximum absolute atomic E-state index is 11.8. The van der Waals surface area contributed by atoms with Gasteiger partial charge in [0.05, 0.1) is 12.8 Å². The molecule has 1 heterocycles. The molecule has 1 aromatic carbocycles. The molecule has 0 aliphatic heterocycles. The van der Waals surface area contributed by atoms with E-state index in [9.17, 15) is 4.79 Å². The van der Waals surface area contributed by atoms with Gasteiger partial charge in [-0.1, -0.05) is 30.3 Å². The molecule has 0 amide bonds. The molecule has 100 valence electrons. The largest absolute Gasteiger partial charge is 0.467 e. The quantitative estimate of drug-likeness (QED) is 0.633. The molecule has 2 aromatic rings. The van der Waals surface area contributed by atoms with E-state index in [1.807, 2.05) is 41.8 Å². The summed E-state index contributed by atoms with van der Waals surface area (Å²) in [5.74, 6) is -0.286. The minimum absolute atomic E-state index is 0.286. The number of esters is 1. The van der Waals surface area contributed by atoms with Crippen LogP contribution in [0.3, 0.4) is 0 Å². The predicted octanol–water partition coefficient (Wildman–Crippen LogP) is 3.99. The van der Waals surface area contributed by atoms with Gasteiger partial charge in [0.2, 0.25) is 0 Å². The Morgan fingerprint density at radius 2 is 2.00 bits per heavy atom. The highest BCUT2D eigenvalue weighted by atomic mass is 32.1. The first-order chi connectivity index (χ1) is 9.06. The van der Waals surface area contributed by atoms with Gasteiger partial charge in [-0.2, -0.15) is 0 Å². The fourth-order valence-electron chi connectivity index (χ4n) is 2.06. The van der Waals surface area contributed by atoms with Gasteiger partial charge < -0.3 is 9.30 Å². The standard InChI is InChI=1S/C14H15NO2S2/c1-9(13(16)17-3)15-12(10(2)19-14(15)18)11-7-5-4-6-8-11/h4-9H,1-3H3. The topological polar surface area (TPSA) is 31.2 Å². The number of thiazole rings is 1. The van der Waals surface area contributed by atoms with E-state index in [0.29, 0.717) is 3.95 Å². The summed E-state index contributed by atoms with van der Waals surface area (Å²) in [6.07, 6.45) is 0. The molecule has 0 spiro atoms. The summed E-state index contributed by atoms with van der Waals surface area (Å²) in [6.45, 7) is 3.82. The summed E-state index contributed by atoms with van der Waals surface area (Å²) >= 11 is 6.89. The van der Waals surface area contributed by atoms with Crippen molar-refractivity contribution in [1.82, 2.24) is 4.57 Å². The number of ether oxygens (including phenoxy) is 1. The lowest BCUT2D eigenvalue weighted by Crippen LogP contribution is -2.18. The van der Waals surface area contributed by atoms with E-state index < -0.39 is 6.04 Å². The number of methoxy groups -OCH3 is 1. The molecule has 0 fully saturated rings. The first kappa shape index (κ1) is 14.0. The molecule has 0 aliphatic carbocycles. The van der Waals surface area contributed by atoms with Gasteiger partial charge in [-0.05, 0) is 31.6 Å². The fraction of sp³-hybridized carbons (Fsp3) is 0.286. The second kappa shape index (κ2) is 5.67. The summed E-state index contributed by atoms with van der Waals surface area (Å²) in [4.78, 5) is 12.9. The minimum Gasteiger partial charge on any atom is -0.467 e. The van der Waals surface area contributed by atoms with Gasteiger partial charge in [0.25, 0.3) is 0 Å². The van der Waals surface area contributed by atoms with E-state index in [1.54, 1.807) is 6.92 Å². The summed E-state index contributed by atoms with van der Waals surface area (Å²) in [7, 11) is 1.39. The Morgan fingerprint density at radius 1 is 1.37 bits per heavy atom. The monoisotopic (exact) mass is 293 g/mol. The van der Waals surface area contributed by atoms with Crippen molar-refractivity contribution in [2.45, 2.75) is 19.9 Å². The van der Waals surface area contributed by atoms with Crippen LogP contribution in [0.25, 0.3) is 11.3 Å². The van der Waals surface area contributed by atoms with Gasteiger partial charge in [0, 0.05) is 4.88 Å². The third-order valence-electron chi connectivity index (χ3n) is 2.99. The fourth-order valence-corrected chi connectivity index (χ4v) is 3.60. The van der Waals surface area contributed by atoms with Crippen molar-refractivity contribution in [1.29, 1.82) is 0 Å². The highest BCUT2D eigenvalue weighted by Gasteiger charge is 2.22. The molecule has 0 saturated carbocycles. The van der Waals surface area contributed by atoms with Crippen molar-refractivity contribution in [3.05, 3.63) is 39.2 Å². The summed E-state index contributed by atoms with van der Waals surface area (Å²) in [5.41, 5.74) is 2.05. The van der Waals surface area contributed by atoms with Crippen LogP contribution in [0.4, 0.5) is 0 Å². The minimum atomic E-state index is -0.419. The van der Waals surface area contributed by atoms with Crippen molar-refractivity contribution in [2.75, 3.05) is 7.11 Å². The molecule has 0 saturated heterocycles. The summed E-state index contributed by atoms with van der Waals surface area (Å²) < 4.78 is 7.38. The van der Waals surface area contributed by atoms with Crippen LogP contribution in [0.1, 0.15) is 17.8 Å². The maximum Gasteiger partial charge on any atom is 0.328 e. The molecule has 0 aliphatic rings. The predicted molar refractivity (Wildman–Crippen MR) is 80.0 cm³/mol. The van der Waals surface area contributed by atoms with Crippen LogP contribution in [0, 0.1) is 10.9 Å². The Hall–Kier alpha value is -1.46. The second-order valence-electron chi connectivity index (χ2n) is 4.21. The number of nitrogens with zero attached hydrogens (tertiary/aromatic N) is 1. The van der Waals surface area contributed by atoms with E-state index >= 15 is 0 Å². The van der Waals surface area contributed by atoms with Crippen molar-refractivity contribution < 1.29 is 9.53 Å². The molecule has 1 unspecified atom stereocenters. The summed E-state index contributed by atoms with van der Waals surface area (Å²) in [6, 6.07) is 9.53. The zero-order chi connectivity index (χ0) is 14.0. The zero-order valence-corrected chi connectivity index (χ0v) is 12.7. The molecule has 1 aromatic heterocycles. The van der Waals surface area contributed by atoms with Gasteiger partial charge in [-0.15, -0.1) is 11.3 Å². The second-order valence-corrected chi connectivity index (χ2v) is 6.06. The Bertz CT molecular complexity index is 643. The van der Waals surface area contributed by atoms with Gasteiger partial charge in [0.1, 0.15) is 6.04 Å². The number of rotatable bonds is 3. The van der Waals surface area contributed by atoms with Gasteiger partial charge in [-0.25, -0.2) is 4.79 Å². The van der Waals surface area contributed by atoms with Crippen LogP contribution in [-0.2, 0) is 9.53 Å². The SMILES string of the molecule is COC(=O)C(C)n1c(-c2ccccc2)c(C)sc1=S. The number of aromatic nitrogens is 1. The van der Waals surface area contributed by atoms with Crippen LogP contribution in [0.5, 0.6) is 0 Å². The third kappa shape index (κ3) is 2.62. The lowest BCUT2D eigenvalue weighted by Gasteiger charge is -2.15. The Kier molecular flexibility index (Phi) is 4.17. The number of carbonyl (C=O) groups is 1. The van der Waals surface area contributed by atoms with E-state index in [4.69, 9.17) is 17.0 Å². The van der Waals surface area contributed by atoms with Gasteiger partial charge in [0.15, 0.2) is 3.95 Å². The molecular weight excluding hydrogens is 278 g/mol. The lowest BCUT2D eigenvalue weighted by atomic mass is 10.1. The zero-order valence-electron chi connectivity index (χ0n) is 11.0. The van der Waals surface area contributed by atoms with Crippen LogP contribution >= 0.6 is 23.6 Å². The number of hydrogen-bond donors (Lipinski definition) is 0. The third-order valence-corrected chi connectivity index (χ3v) is 4.31. The molecule has 0 N–H and O–H groups in total. The molecule has 19 heavy (non-hydrogen) atoms. The number of aryl methyl sites for hydroxylation is 1. The Labute approximate surface area is 121 Å². The molecule has 5 heteroatoms. The first-order valence-electron chi connectivity index (χ1n) is 5.91. The van der Waals surface area contributed by atoms with E-state index in [1.165, 1.54) is 18.4 Å². The smallest absolute Gasteiger partial charge is 0.328 e. The van der Waals surface area contributed by atoms with Crippen LogP contribution in [0.15, 0.2) is 30.3 Å². The van der Waals surface area contributed by atoms with E-state index in [0.717, 1.165) is 16.1 Å². The Morgan fingerprint density at radius 3 is 2.58 bits per heavy atom. The van der Waals surface area contributed by atoms with E-state index in [2.05, 4.69) is 0 Å². The van der Waals surface area contributed by atoms with Gasteiger partial charge >= 0.3 is 5.97 Å². The summed E-state index contributed by atoms with van der Waals surface area (Å²) in [5, 5.41) is 0. The maximum atomic E-state index is 11.8. The van der Waals surface area contributed by atoms with Crippen molar-refractivity contribution in [3.63, 3.8) is 0 Å². The lowest BCUT2D eigenvalue weighted by molar-refractivity contribution is -0.143. The van der Waals surface area contributed by atoms with E-state index in [-0.39, 0.29) is 5.97 Å². The number of hydrogen-bond acceptors (Lipinski definition) is 4. The van der Waals surface area contributed by atoms with Crippen LogP contribution in [-0.4, -0.2) is 17.6 Å². The number of benzene rings is 1. The highest BCUT2D eigenvalue weighted by molar-refractivity contribution is 7.73. The average Bonchev–Trinajstić information content (AvgIpc) is 2.72. The van der Waals surface area contributed by atoms with Crippen LogP contribution < -0.4 is 0 Å². The molecule has 1 atom stereocenters. The average molecular weight is 293 g/mol. The molecule has 3 nitrogen and oxygen atoms in total. The normalized spacial score (nSPS) is 12.2.